The van der Waals surface area contributed by atoms with Gasteiger partial charge in [0, 0.05) is 18.3 Å². The van der Waals surface area contributed by atoms with E-state index in [1.807, 2.05) is 13.0 Å². The lowest BCUT2D eigenvalue weighted by Crippen LogP contribution is -2.53. The van der Waals surface area contributed by atoms with E-state index >= 15 is 0 Å². The van der Waals surface area contributed by atoms with Crippen molar-refractivity contribution in [3.63, 3.8) is 0 Å². The van der Waals surface area contributed by atoms with Gasteiger partial charge in [0.1, 0.15) is 5.56 Å². The van der Waals surface area contributed by atoms with Crippen LogP contribution in [0.1, 0.15) is 34.6 Å². The molecule has 0 aromatic carbocycles. The zero-order chi connectivity index (χ0) is 14.3. The first-order valence-electron chi connectivity index (χ1n) is 7.25. The van der Waals surface area contributed by atoms with Gasteiger partial charge in [0.05, 0.1) is 11.4 Å². The third-order valence-corrected chi connectivity index (χ3v) is 4.54. The summed E-state index contributed by atoms with van der Waals surface area (Å²) in [5.41, 5.74) is 2.48. The molecule has 1 aromatic rings. The molecule has 4 rings (SSSR count). The Morgan fingerprint density at radius 1 is 1.40 bits per heavy atom. The van der Waals surface area contributed by atoms with E-state index in [1.165, 1.54) is 25.9 Å². The predicted octanol–water partition coefficient (Wildman–Crippen LogP) is 1.90. The van der Waals surface area contributed by atoms with Gasteiger partial charge < -0.3 is 15.3 Å². The standard InChI is InChI=1S/C15H21N3O2/c1-9-7-12(14(15(19)20)10(2)16-9)17-13-8-18-5-3-11(13)4-6-18/h7,11,13H,3-6,8H2,1-2H3,(H,16,17)(H,19,20). The van der Waals surface area contributed by atoms with Crippen LogP contribution in [0.25, 0.3) is 0 Å². The third kappa shape index (κ3) is 2.38. The van der Waals surface area contributed by atoms with Crippen molar-refractivity contribution in [1.82, 2.24) is 9.88 Å². The molecular formula is C15H21N3O2. The van der Waals surface area contributed by atoms with Gasteiger partial charge in [0.15, 0.2) is 0 Å². The minimum Gasteiger partial charge on any atom is -0.478 e. The number of carbonyl (C=O) groups is 1. The van der Waals surface area contributed by atoms with E-state index in [9.17, 15) is 9.90 Å². The van der Waals surface area contributed by atoms with Gasteiger partial charge in [0.25, 0.3) is 0 Å². The quantitative estimate of drug-likeness (QED) is 0.882. The normalized spacial score (nSPS) is 28.4. The predicted molar refractivity (Wildman–Crippen MR) is 77.2 cm³/mol. The van der Waals surface area contributed by atoms with Gasteiger partial charge >= 0.3 is 5.97 Å². The van der Waals surface area contributed by atoms with Crippen LogP contribution in [0.5, 0.6) is 0 Å². The lowest BCUT2D eigenvalue weighted by molar-refractivity contribution is 0.0695. The fourth-order valence-corrected chi connectivity index (χ4v) is 3.54. The minimum atomic E-state index is -0.904. The van der Waals surface area contributed by atoms with E-state index in [-0.39, 0.29) is 0 Å². The highest BCUT2D eigenvalue weighted by atomic mass is 16.4. The second-order valence-electron chi connectivity index (χ2n) is 5.97. The van der Waals surface area contributed by atoms with Crippen LogP contribution in [-0.4, -0.2) is 46.6 Å². The highest BCUT2D eigenvalue weighted by Crippen LogP contribution is 2.31. The highest BCUT2D eigenvalue weighted by molar-refractivity contribution is 5.95. The zero-order valence-corrected chi connectivity index (χ0v) is 12.0. The number of hydrogen-bond donors (Lipinski definition) is 2. The number of fused-ring (bicyclic) bond motifs is 3. The van der Waals surface area contributed by atoms with Crippen molar-refractivity contribution in [2.45, 2.75) is 32.7 Å². The average Bonchev–Trinajstić information content (AvgIpc) is 2.38. The summed E-state index contributed by atoms with van der Waals surface area (Å²) in [6.45, 7) is 7.05. The lowest BCUT2D eigenvalue weighted by atomic mass is 9.84. The smallest absolute Gasteiger partial charge is 0.339 e. The van der Waals surface area contributed by atoms with Crippen LogP contribution in [0.3, 0.4) is 0 Å². The molecule has 3 saturated heterocycles. The molecule has 5 heteroatoms. The van der Waals surface area contributed by atoms with E-state index in [2.05, 4.69) is 15.2 Å². The number of aromatic carboxylic acids is 1. The molecule has 0 spiro atoms. The van der Waals surface area contributed by atoms with E-state index in [1.54, 1.807) is 6.92 Å². The van der Waals surface area contributed by atoms with Crippen molar-refractivity contribution in [1.29, 1.82) is 0 Å². The summed E-state index contributed by atoms with van der Waals surface area (Å²) in [7, 11) is 0. The van der Waals surface area contributed by atoms with Crippen LogP contribution >= 0.6 is 0 Å². The largest absolute Gasteiger partial charge is 0.478 e. The van der Waals surface area contributed by atoms with Crippen LogP contribution in [0.2, 0.25) is 0 Å². The molecule has 4 heterocycles. The maximum Gasteiger partial charge on any atom is 0.339 e. The Balaban J connectivity index is 1.88. The Bertz CT molecular complexity index is 536. The highest BCUT2D eigenvalue weighted by Gasteiger charge is 2.34. The Morgan fingerprint density at radius 3 is 2.65 bits per heavy atom. The number of aryl methyl sites for hydroxylation is 2. The summed E-state index contributed by atoms with van der Waals surface area (Å²) in [4.78, 5) is 18.2. The van der Waals surface area contributed by atoms with Crippen molar-refractivity contribution in [2.75, 3.05) is 25.0 Å². The maximum atomic E-state index is 11.5. The Morgan fingerprint density at radius 2 is 2.10 bits per heavy atom. The third-order valence-electron chi connectivity index (χ3n) is 4.54. The van der Waals surface area contributed by atoms with Crippen molar-refractivity contribution >= 4 is 11.7 Å². The number of nitrogens with zero attached hydrogens (tertiary/aromatic N) is 2. The van der Waals surface area contributed by atoms with Crippen molar-refractivity contribution in [3.05, 3.63) is 23.0 Å². The first-order chi connectivity index (χ1) is 9.54. The molecule has 0 saturated carbocycles. The van der Waals surface area contributed by atoms with Gasteiger partial charge in [-0.15, -0.1) is 0 Å². The Labute approximate surface area is 119 Å². The van der Waals surface area contributed by atoms with Gasteiger partial charge in [-0.25, -0.2) is 4.79 Å². The van der Waals surface area contributed by atoms with Gasteiger partial charge in [-0.3, -0.25) is 4.98 Å². The van der Waals surface area contributed by atoms with Gasteiger partial charge in [-0.05, 0) is 51.8 Å². The molecule has 5 nitrogen and oxygen atoms in total. The number of hydrogen-bond acceptors (Lipinski definition) is 4. The van der Waals surface area contributed by atoms with Gasteiger partial charge in [-0.1, -0.05) is 0 Å². The second-order valence-corrected chi connectivity index (χ2v) is 5.97. The molecule has 3 aliphatic heterocycles. The fraction of sp³-hybridized carbons (Fsp3) is 0.600. The molecule has 0 radical (unpaired) electrons. The second kappa shape index (κ2) is 5.05. The first kappa shape index (κ1) is 13.4. The lowest BCUT2D eigenvalue weighted by Gasteiger charge is -2.45. The van der Waals surface area contributed by atoms with Crippen LogP contribution in [-0.2, 0) is 0 Å². The number of rotatable bonds is 3. The molecule has 1 unspecified atom stereocenters. The number of anilines is 1. The molecule has 1 aromatic heterocycles. The number of carboxylic acids is 1. The molecule has 0 aliphatic carbocycles. The topological polar surface area (TPSA) is 65.5 Å². The summed E-state index contributed by atoms with van der Waals surface area (Å²) in [6, 6.07) is 2.21. The van der Waals surface area contributed by atoms with Crippen molar-refractivity contribution in [3.8, 4) is 0 Å². The SMILES string of the molecule is Cc1cc(NC2CN3CCC2CC3)c(C(=O)O)c(C)n1. The number of nitrogens with one attached hydrogen (secondary N) is 1. The van der Waals surface area contributed by atoms with Crippen molar-refractivity contribution < 1.29 is 9.90 Å². The summed E-state index contributed by atoms with van der Waals surface area (Å²) in [6.07, 6.45) is 2.42. The molecular weight excluding hydrogens is 254 g/mol. The number of carboxylic acid groups (broad SMARTS) is 1. The molecule has 0 amide bonds. The van der Waals surface area contributed by atoms with E-state index in [0.717, 1.165) is 17.9 Å². The first-order valence-corrected chi connectivity index (χ1v) is 7.25. The minimum absolute atomic E-state index is 0.312. The average molecular weight is 275 g/mol. The van der Waals surface area contributed by atoms with Gasteiger partial charge in [-0.2, -0.15) is 0 Å². The molecule has 1 atom stereocenters. The summed E-state index contributed by atoms with van der Waals surface area (Å²) >= 11 is 0. The number of piperidine rings is 3. The van der Waals surface area contributed by atoms with E-state index in [4.69, 9.17) is 0 Å². The Kier molecular flexibility index (Phi) is 3.38. The molecule has 20 heavy (non-hydrogen) atoms. The summed E-state index contributed by atoms with van der Waals surface area (Å²) < 4.78 is 0. The molecule has 3 fully saturated rings. The van der Waals surface area contributed by atoms with E-state index < -0.39 is 5.97 Å². The van der Waals surface area contributed by atoms with Crippen LogP contribution in [0, 0.1) is 19.8 Å². The van der Waals surface area contributed by atoms with Crippen LogP contribution in [0.4, 0.5) is 5.69 Å². The van der Waals surface area contributed by atoms with E-state index in [0.29, 0.717) is 23.2 Å². The molecule has 2 bridgehead atoms. The monoisotopic (exact) mass is 275 g/mol. The zero-order valence-electron chi connectivity index (χ0n) is 12.0. The fourth-order valence-electron chi connectivity index (χ4n) is 3.54. The summed E-state index contributed by atoms with van der Waals surface area (Å²) in [5.74, 6) is -0.241. The van der Waals surface area contributed by atoms with Gasteiger partial charge in [0.2, 0.25) is 0 Å². The molecule has 108 valence electrons. The molecule has 3 aliphatic rings. The van der Waals surface area contributed by atoms with Crippen LogP contribution < -0.4 is 5.32 Å². The maximum absolute atomic E-state index is 11.5. The number of aromatic nitrogens is 1. The van der Waals surface area contributed by atoms with Crippen molar-refractivity contribution in [2.24, 2.45) is 5.92 Å². The molecule has 2 N–H and O–H groups in total. The van der Waals surface area contributed by atoms with Crippen LogP contribution in [0.15, 0.2) is 6.07 Å². The summed E-state index contributed by atoms with van der Waals surface area (Å²) in [5, 5.41) is 12.9. The number of pyridine rings is 1. The Hall–Kier alpha value is -1.62.